The molecule has 0 fully saturated rings. The fourth-order valence-corrected chi connectivity index (χ4v) is 0.910. The molecule has 10 heavy (non-hydrogen) atoms. The summed E-state index contributed by atoms with van der Waals surface area (Å²) in [5, 5.41) is 0. The van der Waals surface area contributed by atoms with E-state index >= 15 is 0 Å². The summed E-state index contributed by atoms with van der Waals surface area (Å²) in [5.74, 6) is 0.974. The van der Waals surface area contributed by atoms with Gasteiger partial charge in [0.1, 0.15) is 5.76 Å². The van der Waals surface area contributed by atoms with Crippen molar-refractivity contribution in [1.29, 1.82) is 0 Å². The first kappa shape index (κ1) is 7.13. The molecule has 0 aliphatic heterocycles. The molecule has 0 aliphatic carbocycles. The Morgan fingerprint density at radius 3 is 3.00 bits per heavy atom. The van der Waals surface area contributed by atoms with E-state index < -0.39 is 0 Å². The maximum Gasteiger partial charge on any atom is 0.129 e. The minimum atomic E-state index is 0.974. The van der Waals surface area contributed by atoms with Crippen molar-refractivity contribution >= 4 is 5.57 Å². The summed E-state index contributed by atoms with van der Waals surface area (Å²) in [6, 6.07) is 3.88. The lowest BCUT2D eigenvalue weighted by atomic mass is 10.2. The highest BCUT2D eigenvalue weighted by Gasteiger charge is 1.94. The van der Waals surface area contributed by atoms with Crippen molar-refractivity contribution in [3.63, 3.8) is 0 Å². The van der Waals surface area contributed by atoms with Crippen molar-refractivity contribution in [2.45, 2.75) is 20.3 Å². The van der Waals surface area contributed by atoms with Crippen LogP contribution in [0.5, 0.6) is 0 Å². The van der Waals surface area contributed by atoms with Crippen LogP contribution in [0.2, 0.25) is 0 Å². The molecule has 0 saturated carbocycles. The van der Waals surface area contributed by atoms with Gasteiger partial charge in [-0.3, -0.25) is 0 Å². The Morgan fingerprint density at radius 1 is 1.70 bits per heavy atom. The van der Waals surface area contributed by atoms with Crippen molar-refractivity contribution in [3.05, 3.63) is 30.2 Å². The van der Waals surface area contributed by atoms with E-state index in [0.29, 0.717) is 0 Å². The van der Waals surface area contributed by atoms with E-state index in [1.54, 1.807) is 6.26 Å². The molecule has 0 spiro atoms. The van der Waals surface area contributed by atoms with E-state index in [1.807, 2.05) is 12.1 Å². The molecule has 1 nitrogen and oxygen atoms in total. The minimum absolute atomic E-state index is 0.974. The lowest BCUT2D eigenvalue weighted by Crippen LogP contribution is -1.71. The average Bonchev–Trinajstić information content (AvgIpc) is 2.38. The van der Waals surface area contributed by atoms with Crippen molar-refractivity contribution in [3.8, 4) is 0 Å². The summed E-state index contributed by atoms with van der Waals surface area (Å²) < 4.78 is 5.18. The fourth-order valence-electron chi connectivity index (χ4n) is 0.910. The van der Waals surface area contributed by atoms with E-state index in [-0.39, 0.29) is 0 Å². The molecule has 0 aliphatic rings. The molecule has 0 N–H and O–H groups in total. The molecule has 0 aromatic carbocycles. The highest BCUT2D eigenvalue weighted by Crippen LogP contribution is 2.13. The molecule has 0 unspecified atom stereocenters. The molecule has 0 saturated heterocycles. The highest BCUT2D eigenvalue weighted by molar-refractivity contribution is 5.58. The quantitative estimate of drug-likeness (QED) is 0.609. The Morgan fingerprint density at radius 2 is 2.50 bits per heavy atom. The summed E-state index contributed by atoms with van der Waals surface area (Å²) in [5.41, 5.74) is 1.22. The van der Waals surface area contributed by atoms with Gasteiger partial charge in [-0.15, -0.1) is 0 Å². The maximum absolute atomic E-state index is 5.18. The van der Waals surface area contributed by atoms with Gasteiger partial charge in [-0.05, 0) is 31.1 Å². The Labute approximate surface area is 61.4 Å². The average molecular weight is 136 g/mol. The summed E-state index contributed by atoms with van der Waals surface area (Å²) in [7, 11) is 0. The number of hydrogen-bond donors (Lipinski definition) is 0. The van der Waals surface area contributed by atoms with Gasteiger partial charge in [0.15, 0.2) is 0 Å². The Hall–Kier alpha value is -0.980. The van der Waals surface area contributed by atoms with Gasteiger partial charge in [-0.1, -0.05) is 13.0 Å². The maximum atomic E-state index is 5.18. The molecule has 0 bridgehead atoms. The number of rotatable bonds is 2. The first-order valence-corrected chi connectivity index (χ1v) is 3.55. The highest BCUT2D eigenvalue weighted by atomic mass is 16.3. The number of allylic oxidation sites excluding steroid dienone is 2. The standard InChI is InChI=1S/C9H12O/c1-3-5-8(2)9-6-4-7-10-9/h4-7H,3H2,1-2H3. The van der Waals surface area contributed by atoms with E-state index in [0.717, 1.165) is 12.2 Å². The summed E-state index contributed by atoms with van der Waals surface area (Å²) in [6.07, 6.45) is 4.91. The van der Waals surface area contributed by atoms with Crippen LogP contribution >= 0.6 is 0 Å². The van der Waals surface area contributed by atoms with Crippen LogP contribution in [0.25, 0.3) is 5.57 Å². The van der Waals surface area contributed by atoms with Gasteiger partial charge in [0.2, 0.25) is 0 Å². The third kappa shape index (κ3) is 1.50. The van der Waals surface area contributed by atoms with E-state index in [4.69, 9.17) is 4.42 Å². The van der Waals surface area contributed by atoms with Gasteiger partial charge in [0, 0.05) is 0 Å². The molecular weight excluding hydrogens is 124 g/mol. The molecule has 0 radical (unpaired) electrons. The Bertz CT molecular complexity index is 207. The molecule has 1 heterocycles. The topological polar surface area (TPSA) is 13.1 Å². The van der Waals surface area contributed by atoms with E-state index in [2.05, 4.69) is 19.9 Å². The molecule has 54 valence electrons. The van der Waals surface area contributed by atoms with E-state index in [9.17, 15) is 0 Å². The normalized spacial score (nSPS) is 12.0. The van der Waals surface area contributed by atoms with Crippen molar-refractivity contribution in [2.75, 3.05) is 0 Å². The zero-order chi connectivity index (χ0) is 7.40. The van der Waals surface area contributed by atoms with Crippen LogP contribution in [0.1, 0.15) is 26.0 Å². The van der Waals surface area contributed by atoms with Crippen molar-refractivity contribution in [1.82, 2.24) is 0 Å². The van der Waals surface area contributed by atoms with Crippen LogP contribution in [0.4, 0.5) is 0 Å². The van der Waals surface area contributed by atoms with Gasteiger partial charge < -0.3 is 4.42 Å². The summed E-state index contributed by atoms with van der Waals surface area (Å²) in [4.78, 5) is 0. The van der Waals surface area contributed by atoms with Crippen LogP contribution in [-0.2, 0) is 0 Å². The third-order valence-electron chi connectivity index (χ3n) is 1.42. The molecule has 0 amide bonds. The first-order valence-electron chi connectivity index (χ1n) is 3.55. The SMILES string of the molecule is CCC=C(C)c1ccco1. The Kier molecular flexibility index (Phi) is 2.32. The fraction of sp³-hybridized carbons (Fsp3) is 0.333. The number of hydrogen-bond acceptors (Lipinski definition) is 1. The smallest absolute Gasteiger partial charge is 0.129 e. The van der Waals surface area contributed by atoms with Crippen LogP contribution in [0.3, 0.4) is 0 Å². The predicted octanol–water partition coefficient (Wildman–Crippen LogP) is 3.09. The predicted molar refractivity (Wildman–Crippen MR) is 42.7 cm³/mol. The van der Waals surface area contributed by atoms with Crippen LogP contribution in [0.15, 0.2) is 28.9 Å². The largest absolute Gasteiger partial charge is 0.465 e. The number of furan rings is 1. The monoisotopic (exact) mass is 136 g/mol. The van der Waals surface area contributed by atoms with Gasteiger partial charge in [0.05, 0.1) is 6.26 Å². The zero-order valence-corrected chi connectivity index (χ0v) is 6.42. The molecule has 1 heteroatoms. The zero-order valence-electron chi connectivity index (χ0n) is 6.42. The minimum Gasteiger partial charge on any atom is -0.465 e. The molecular formula is C9H12O. The lowest BCUT2D eigenvalue weighted by molar-refractivity contribution is 0.552. The second-order valence-electron chi connectivity index (χ2n) is 2.27. The second-order valence-corrected chi connectivity index (χ2v) is 2.27. The molecule has 0 atom stereocenters. The molecule has 1 aromatic heterocycles. The lowest BCUT2D eigenvalue weighted by Gasteiger charge is -1.92. The first-order chi connectivity index (χ1) is 4.84. The second kappa shape index (κ2) is 3.25. The van der Waals surface area contributed by atoms with Crippen LogP contribution < -0.4 is 0 Å². The summed E-state index contributed by atoms with van der Waals surface area (Å²) >= 11 is 0. The Balaban J connectivity index is 2.77. The molecule has 1 rings (SSSR count). The van der Waals surface area contributed by atoms with Crippen LogP contribution in [0, 0.1) is 0 Å². The van der Waals surface area contributed by atoms with Gasteiger partial charge in [-0.25, -0.2) is 0 Å². The van der Waals surface area contributed by atoms with Gasteiger partial charge >= 0.3 is 0 Å². The van der Waals surface area contributed by atoms with Crippen molar-refractivity contribution in [2.24, 2.45) is 0 Å². The third-order valence-corrected chi connectivity index (χ3v) is 1.42. The van der Waals surface area contributed by atoms with Gasteiger partial charge in [-0.2, -0.15) is 0 Å². The van der Waals surface area contributed by atoms with Gasteiger partial charge in [0.25, 0.3) is 0 Å². The summed E-state index contributed by atoms with van der Waals surface area (Å²) in [6.45, 7) is 4.18. The van der Waals surface area contributed by atoms with Crippen molar-refractivity contribution < 1.29 is 4.42 Å². The van der Waals surface area contributed by atoms with E-state index in [1.165, 1.54) is 5.57 Å². The molecule has 1 aromatic rings. The van der Waals surface area contributed by atoms with Crippen LogP contribution in [-0.4, -0.2) is 0 Å².